The lowest BCUT2D eigenvalue weighted by molar-refractivity contribution is 0.0521. The second kappa shape index (κ2) is 6.53. The minimum atomic E-state index is -0.433. The molecule has 0 aliphatic carbocycles. The summed E-state index contributed by atoms with van der Waals surface area (Å²) < 4.78 is 4.83. The standard InChI is InChI=1S/C12H16N2O4S/c15-7-8-18-12(17)14-5-3-13(4-6-14)11(16)10-2-1-9-19-10/h1-2,9,15H,3-8H2. The SMILES string of the molecule is O=C(OCCO)N1CCN(C(=O)c2cccs2)CC1. The molecule has 1 N–H and O–H groups in total. The Hall–Kier alpha value is -1.60. The highest BCUT2D eigenvalue weighted by molar-refractivity contribution is 7.12. The average molecular weight is 284 g/mol. The van der Waals surface area contributed by atoms with Gasteiger partial charge in [-0.3, -0.25) is 4.79 Å². The van der Waals surface area contributed by atoms with Gasteiger partial charge >= 0.3 is 6.09 Å². The van der Waals surface area contributed by atoms with Gasteiger partial charge in [0.1, 0.15) is 6.61 Å². The monoisotopic (exact) mass is 284 g/mol. The average Bonchev–Trinajstić information content (AvgIpc) is 2.98. The number of carbonyl (C=O) groups is 2. The Kier molecular flexibility index (Phi) is 4.75. The highest BCUT2D eigenvalue weighted by Gasteiger charge is 2.25. The first-order valence-electron chi connectivity index (χ1n) is 6.07. The van der Waals surface area contributed by atoms with Crippen LogP contribution in [0.25, 0.3) is 0 Å². The topological polar surface area (TPSA) is 70.1 Å². The van der Waals surface area contributed by atoms with Crippen LogP contribution in [0.15, 0.2) is 17.5 Å². The highest BCUT2D eigenvalue weighted by atomic mass is 32.1. The zero-order valence-corrected chi connectivity index (χ0v) is 11.3. The van der Waals surface area contributed by atoms with E-state index in [-0.39, 0.29) is 19.1 Å². The lowest BCUT2D eigenvalue weighted by Gasteiger charge is -2.33. The normalized spacial score (nSPS) is 15.4. The summed E-state index contributed by atoms with van der Waals surface area (Å²) in [6.07, 6.45) is -0.433. The molecule has 104 valence electrons. The molecule has 0 spiro atoms. The molecule has 2 rings (SSSR count). The fraction of sp³-hybridized carbons (Fsp3) is 0.500. The Morgan fingerprint density at radius 2 is 1.95 bits per heavy atom. The predicted octanol–water partition coefficient (Wildman–Crippen LogP) is 0.635. The summed E-state index contributed by atoms with van der Waals surface area (Å²) in [4.78, 5) is 27.6. The van der Waals surface area contributed by atoms with Crippen molar-refractivity contribution in [1.29, 1.82) is 0 Å². The first kappa shape index (κ1) is 13.8. The lowest BCUT2D eigenvalue weighted by Crippen LogP contribution is -2.50. The van der Waals surface area contributed by atoms with Gasteiger partial charge < -0.3 is 19.6 Å². The second-order valence-electron chi connectivity index (χ2n) is 4.09. The van der Waals surface area contributed by atoms with Crippen molar-refractivity contribution < 1.29 is 19.4 Å². The van der Waals surface area contributed by atoms with E-state index in [9.17, 15) is 9.59 Å². The molecule has 1 aliphatic heterocycles. The molecule has 0 aromatic carbocycles. The molecule has 1 fully saturated rings. The van der Waals surface area contributed by atoms with Gasteiger partial charge in [-0.2, -0.15) is 0 Å². The van der Waals surface area contributed by atoms with E-state index in [1.165, 1.54) is 11.3 Å². The summed E-state index contributed by atoms with van der Waals surface area (Å²) in [5, 5.41) is 10.5. The van der Waals surface area contributed by atoms with Crippen LogP contribution in [0.5, 0.6) is 0 Å². The molecule has 19 heavy (non-hydrogen) atoms. The Bertz CT molecular complexity index is 427. The number of aliphatic hydroxyl groups excluding tert-OH is 1. The zero-order valence-electron chi connectivity index (χ0n) is 10.4. The number of amides is 2. The number of rotatable bonds is 3. The van der Waals surface area contributed by atoms with Gasteiger partial charge in [-0.15, -0.1) is 11.3 Å². The smallest absolute Gasteiger partial charge is 0.409 e. The van der Waals surface area contributed by atoms with Crippen LogP contribution < -0.4 is 0 Å². The molecule has 1 aliphatic rings. The Morgan fingerprint density at radius 1 is 1.26 bits per heavy atom. The fourth-order valence-corrected chi connectivity index (χ4v) is 2.56. The first-order chi connectivity index (χ1) is 9.22. The molecule has 6 nitrogen and oxygen atoms in total. The third-order valence-corrected chi connectivity index (χ3v) is 3.73. The maximum atomic E-state index is 12.1. The van der Waals surface area contributed by atoms with Crippen LogP contribution in [-0.2, 0) is 4.74 Å². The summed E-state index contributed by atoms with van der Waals surface area (Å²) in [6, 6.07) is 3.65. The van der Waals surface area contributed by atoms with Gasteiger partial charge in [0.25, 0.3) is 5.91 Å². The molecule has 0 unspecified atom stereocenters. The van der Waals surface area contributed by atoms with Crippen LogP contribution >= 0.6 is 11.3 Å². The third kappa shape index (κ3) is 3.45. The van der Waals surface area contributed by atoms with E-state index >= 15 is 0 Å². The van der Waals surface area contributed by atoms with Crippen LogP contribution in [-0.4, -0.2) is 66.3 Å². The highest BCUT2D eigenvalue weighted by Crippen LogP contribution is 2.14. The van der Waals surface area contributed by atoms with E-state index in [2.05, 4.69) is 0 Å². The van der Waals surface area contributed by atoms with Gasteiger partial charge in [0, 0.05) is 26.2 Å². The van der Waals surface area contributed by atoms with Gasteiger partial charge in [0.2, 0.25) is 0 Å². The predicted molar refractivity (Wildman–Crippen MR) is 70.2 cm³/mol. The summed E-state index contributed by atoms with van der Waals surface area (Å²) >= 11 is 1.42. The molecule has 1 aromatic rings. The van der Waals surface area contributed by atoms with E-state index in [0.717, 1.165) is 4.88 Å². The molecular formula is C12H16N2O4S. The summed E-state index contributed by atoms with van der Waals surface area (Å²) in [6.45, 7) is 1.76. The van der Waals surface area contributed by atoms with Gasteiger partial charge in [-0.05, 0) is 11.4 Å². The number of piperazine rings is 1. The summed E-state index contributed by atoms with van der Waals surface area (Å²) in [5.41, 5.74) is 0. The van der Waals surface area contributed by atoms with Crippen molar-refractivity contribution in [1.82, 2.24) is 9.80 Å². The van der Waals surface area contributed by atoms with E-state index in [1.807, 2.05) is 11.4 Å². The van der Waals surface area contributed by atoms with Crippen molar-refractivity contribution in [2.75, 3.05) is 39.4 Å². The fourth-order valence-electron chi connectivity index (χ4n) is 1.87. The van der Waals surface area contributed by atoms with Crippen LogP contribution in [0.2, 0.25) is 0 Å². The number of ether oxygens (including phenoxy) is 1. The number of nitrogens with zero attached hydrogens (tertiary/aromatic N) is 2. The lowest BCUT2D eigenvalue weighted by atomic mass is 10.3. The van der Waals surface area contributed by atoms with Crippen molar-refractivity contribution in [3.8, 4) is 0 Å². The summed E-state index contributed by atoms with van der Waals surface area (Å²) in [5.74, 6) is 0.0124. The van der Waals surface area contributed by atoms with Gasteiger partial charge in [-0.1, -0.05) is 6.07 Å². The van der Waals surface area contributed by atoms with Crippen LogP contribution in [0, 0.1) is 0 Å². The van der Waals surface area contributed by atoms with Crippen LogP contribution in [0.4, 0.5) is 4.79 Å². The molecule has 2 heterocycles. The van der Waals surface area contributed by atoms with Crippen molar-refractivity contribution >= 4 is 23.3 Å². The van der Waals surface area contributed by atoms with E-state index in [4.69, 9.17) is 9.84 Å². The minimum Gasteiger partial charge on any atom is -0.447 e. The van der Waals surface area contributed by atoms with Crippen LogP contribution in [0.3, 0.4) is 0 Å². The third-order valence-electron chi connectivity index (χ3n) is 2.87. The van der Waals surface area contributed by atoms with E-state index in [1.54, 1.807) is 15.9 Å². The first-order valence-corrected chi connectivity index (χ1v) is 6.95. The molecule has 0 bridgehead atoms. The number of carbonyl (C=O) groups excluding carboxylic acids is 2. The maximum absolute atomic E-state index is 12.1. The van der Waals surface area contributed by atoms with Gasteiger partial charge in [-0.25, -0.2) is 4.79 Å². The summed E-state index contributed by atoms with van der Waals surface area (Å²) in [7, 11) is 0. The molecule has 1 aromatic heterocycles. The van der Waals surface area contributed by atoms with Crippen molar-refractivity contribution in [3.05, 3.63) is 22.4 Å². The number of aliphatic hydroxyl groups is 1. The van der Waals surface area contributed by atoms with Crippen LogP contribution in [0.1, 0.15) is 9.67 Å². The number of hydrogen-bond acceptors (Lipinski definition) is 5. The molecule has 1 saturated heterocycles. The largest absolute Gasteiger partial charge is 0.447 e. The quantitative estimate of drug-likeness (QED) is 0.884. The molecule has 0 saturated carbocycles. The van der Waals surface area contributed by atoms with E-state index in [0.29, 0.717) is 26.2 Å². The van der Waals surface area contributed by atoms with Gasteiger partial charge in [0.05, 0.1) is 11.5 Å². The maximum Gasteiger partial charge on any atom is 0.409 e. The Balaban J connectivity index is 1.82. The number of hydrogen-bond donors (Lipinski definition) is 1. The van der Waals surface area contributed by atoms with Crippen molar-refractivity contribution in [3.63, 3.8) is 0 Å². The zero-order chi connectivity index (χ0) is 13.7. The second-order valence-corrected chi connectivity index (χ2v) is 5.04. The van der Waals surface area contributed by atoms with E-state index < -0.39 is 6.09 Å². The van der Waals surface area contributed by atoms with Crippen molar-refractivity contribution in [2.24, 2.45) is 0 Å². The minimum absolute atomic E-state index is 0.00712. The molecular weight excluding hydrogens is 268 g/mol. The van der Waals surface area contributed by atoms with Crippen molar-refractivity contribution in [2.45, 2.75) is 0 Å². The molecule has 0 radical (unpaired) electrons. The van der Waals surface area contributed by atoms with Gasteiger partial charge in [0.15, 0.2) is 0 Å². The Morgan fingerprint density at radius 3 is 2.53 bits per heavy atom. The Labute approximate surface area is 115 Å². The number of thiophene rings is 1. The molecule has 2 amide bonds. The molecule has 7 heteroatoms. The molecule has 0 atom stereocenters.